The van der Waals surface area contributed by atoms with E-state index in [1.165, 1.54) is 11.5 Å². The fraction of sp³-hybridized carbons (Fsp3) is 0.143. The van der Waals surface area contributed by atoms with Gasteiger partial charge >= 0.3 is 0 Å². The van der Waals surface area contributed by atoms with Gasteiger partial charge in [0.15, 0.2) is 8.77 Å². The topological polar surface area (TPSA) is 38.9 Å². The fourth-order valence-electron chi connectivity index (χ4n) is 0.899. The van der Waals surface area contributed by atoms with E-state index in [4.69, 9.17) is 4.42 Å². The second kappa shape index (κ2) is 3.14. The highest BCUT2D eigenvalue weighted by molar-refractivity contribution is 14.1. The Hall–Kier alpha value is -0.430. The largest absolute Gasteiger partial charge is 0.461 e. The van der Waals surface area contributed by atoms with Crippen LogP contribution in [0, 0.1) is 9.94 Å². The van der Waals surface area contributed by atoms with Crippen LogP contribution in [0.15, 0.2) is 16.7 Å². The number of nitrogens with zero attached hydrogens (tertiary/aromatic N) is 2. The lowest BCUT2D eigenvalue weighted by molar-refractivity contribution is 0.576. The standard InChI is InChI=1S/C7H5IN2OS/c1-4-2-3-11-5(4)6-9-7(8)12-10-6/h2-3H,1H3. The summed E-state index contributed by atoms with van der Waals surface area (Å²) in [4.78, 5) is 4.21. The summed E-state index contributed by atoms with van der Waals surface area (Å²) in [5.74, 6) is 1.46. The summed E-state index contributed by atoms with van der Waals surface area (Å²) in [5.41, 5.74) is 1.07. The lowest BCUT2D eigenvalue weighted by Crippen LogP contribution is -1.79. The van der Waals surface area contributed by atoms with Crippen molar-refractivity contribution < 1.29 is 4.42 Å². The first-order valence-corrected chi connectivity index (χ1v) is 5.16. The first kappa shape index (κ1) is 8.18. The summed E-state index contributed by atoms with van der Waals surface area (Å²) in [6.45, 7) is 1.98. The van der Waals surface area contributed by atoms with Crippen LogP contribution in [-0.4, -0.2) is 9.36 Å². The summed E-state index contributed by atoms with van der Waals surface area (Å²) >= 11 is 3.52. The molecular weight excluding hydrogens is 287 g/mol. The van der Waals surface area contributed by atoms with Gasteiger partial charge in [0.2, 0.25) is 5.82 Å². The Labute approximate surface area is 87.1 Å². The first-order valence-electron chi connectivity index (χ1n) is 3.31. The molecule has 0 spiro atoms. The van der Waals surface area contributed by atoms with Crippen LogP contribution >= 0.6 is 34.1 Å². The van der Waals surface area contributed by atoms with Crippen LogP contribution in [0.3, 0.4) is 0 Å². The van der Waals surface area contributed by atoms with E-state index in [9.17, 15) is 0 Å². The molecule has 0 fully saturated rings. The molecule has 2 aromatic heterocycles. The maximum absolute atomic E-state index is 5.24. The van der Waals surface area contributed by atoms with Crippen molar-refractivity contribution in [1.29, 1.82) is 0 Å². The van der Waals surface area contributed by atoms with Crippen molar-refractivity contribution in [3.8, 4) is 11.6 Å². The van der Waals surface area contributed by atoms with Gasteiger partial charge in [0, 0.05) is 0 Å². The van der Waals surface area contributed by atoms with Crippen molar-refractivity contribution in [1.82, 2.24) is 9.36 Å². The van der Waals surface area contributed by atoms with Gasteiger partial charge in [-0.25, -0.2) is 4.98 Å². The first-order chi connectivity index (χ1) is 5.77. The molecule has 0 N–H and O–H groups in total. The van der Waals surface area contributed by atoms with Gasteiger partial charge in [-0.15, -0.1) is 0 Å². The third-order valence-electron chi connectivity index (χ3n) is 1.47. The number of aromatic nitrogens is 2. The molecule has 62 valence electrons. The zero-order chi connectivity index (χ0) is 8.55. The van der Waals surface area contributed by atoms with Gasteiger partial charge in [-0.1, -0.05) is 0 Å². The smallest absolute Gasteiger partial charge is 0.209 e. The molecule has 0 unspecified atom stereocenters. The predicted molar refractivity (Wildman–Crippen MR) is 55.1 cm³/mol. The van der Waals surface area contributed by atoms with Gasteiger partial charge < -0.3 is 4.42 Å². The average molecular weight is 292 g/mol. The Balaban J connectivity index is 2.50. The molecule has 12 heavy (non-hydrogen) atoms. The van der Waals surface area contributed by atoms with Gasteiger partial charge in [-0.05, 0) is 52.7 Å². The molecule has 0 atom stereocenters. The zero-order valence-electron chi connectivity index (χ0n) is 6.24. The minimum absolute atomic E-state index is 0.687. The monoisotopic (exact) mass is 292 g/mol. The number of aryl methyl sites for hydroxylation is 1. The molecule has 0 saturated heterocycles. The van der Waals surface area contributed by atoms with E-state index in [0.29, 0.717) is 5.82 Å². The second-order valence-corrected chi connectivity index (χ2v) is 4.81. The second-order valence-electron chi connectivity index (χ2n) is 2.30. The number of hydrogen-bond donors (Lipinski definition) is 0. The van der Waals surface area contributed by atoms with Crippen LogP contribution in [0.25, 0.3) is 11.6 Å². The van der Waals surface area contributed by atoms with Crippen molar-refractivity contribution in [2.45, 2.75) is 6.92 Å². The van der Waals surface area contributed by atoms with E-state index < -0.39 is 0 Å². The maximum atomic E-state index is 5.24. The third kappa shape index (κ3) is 1.38. The van der Waals surface area contributed by atoms with Gasteiger partial charge in [0.05, 0.1) is 6.26 Å². The van der Waals surface area contributed by atoms with E-state index in [1.54, 1.807) is 6.26 Å². The van der Waals surface area contributed by atoms with E-state index in [2.05, 4.69) is 31.9 Å². The number of hydrogen-bond acceptors (Lipinski definition) is 4. The Morgan fingerprint density at radius 3 is 2.92 bits per heavy atom. The Morgan fingerprint density at radius 2 is 2.42 bits per heavy atom. The van der Waals surface area contributed by atoms with Gasteiger partial charge in [-0.2, -0.15) is 4.37 Å². The molecule has 0 aliphatic carbocycles. The molecule has 0 bridgehead atoms. The normalized spacial score (nSPS) is 10.5. The fourth-order valence-corrected chi connectivity index (χ4v) is 1.84. The molecule has 0 amide bonds. The molecular formula is C7H5IN2OS. The van der Waals surface area contributed by atoms with Crippen molar-refractivity contribution in [3.05, 3.63) is 20.9 Å². The van der Waals surface area contributed by atoms with Crippen LogP contribution in [0.2, 0.25) is 0 Å². The summed E-state index contributed by atoms with van der Waals surface area (Å²) < 4.78 is 10.3. The Bertz CT molecular complexity index is 396. The summed E-state index contributed by atoms with van der Waals surface area (Å²) in [7, 11) is 0. The van der Waals surface area contributed by atoms with E-state index >= 15 is 0 Å². The molecule has 2 heterocycles. The predicted octanol–water partition coefficient (Wildman–Crippen LogP) is 2.71. The lowest BCUT2D eigenvalue weighted by atomic mass is 10.3. The highest BCUT2D eigenvalue weighted by Gasteiger charge is 2.10. The van der Waals surface area contributed by atoms with E-state index in [0.717, 1.165) is 14.3 Å². The SMILES string of the molecule is Cc1ccoc1-c1nsc(I)n1. The maximum Gasteiger partial charge on any atom is 0.209 e. The van der Waals surface area contributed by atoms with Crippen LogP contribution in [0.5, 0.6) is 0 Å². The van der Waals surface area contributed by atoms with E-state index in [1.807, 2.05) is 13.0 Å². The Morgan fingerprint density at radius 1 is 1.58 bits per heavy atom. The average Bonchev–Trinajstić information content (AvgIpc) is 2.58. The van der Waals surface area contributed by atoms with E-state index in [-0.39, 0.29) is 0 Å². The molecule has 0 aliphatic heterocycles. The number of halogens is 1. The van der Waals surface area contributed by atoms with Crippen LogP contribution in [0.4, 0.5) is 0 Å². The number of rotatable bonds is 1. The molecule has 5 heteroatoms. The highest BCUT2D eigenvalue weighted by atomic mass is 127. The molecule has 0 aliphatic rings. The minimum atomic E-state index is 0.687. The van der Waals surface area contributed by atoms with Crippen molar-refractivity contribution >= 4 is 34.1 Å². The molecule has 2 rings (SSSR count). The summed E-state index contributed by atoms with van der Waals surface area (Å²) in [6.07, 6.45) is 1.65. The molecule has 3 nitrogen and oxygen atoms in total. The number of furan rings is 1. The van der Waals surface area contributed by atoms with Gasteiger partial charge in [-0.3, -0.25) is 0 Å². The molecule has 0 radical (unpaired) electrons. The molecule has 2 aromatic rings. The van der Waals surface area contributed by atoms with Crippen molar-refractivity contribution in [2.75, 3.05) is 0 Å². The summed E-state index contributed by atoms with van der Waals surface area (Å²) in [5, 5.41) is 0. The van der Waals surface area contributed by atoms with Crippen LogP contribution < -0.4 is 0 Å². The third-order valence-corrected chi connectivity index (χ3v) is 2.80. The molecule has 0 saturated carbocycles. The van der Waals surface area contributed by atoms with Crippen molar-refractivity contribution in [2.24, 2.45) is 0 Å². The van der Waals surface area contributed by atoms with Crippen molar-refractivity contribution in [3.63, 3.8) is 0 Å². The highest BCUT2D eigenvalue weighted by Crippen LogP contribution is 2.22. The van der Waals surface area contributed by atoms with Crippen LogP contribution in [0.1, 0.15) is 5.56 Å². The van der Waals surface area contributed by atoms with Gasteiger partial charge in [0.1, 0.15) is 0 Å². The lowest BCUT2D eigenvalue weighted by Gasteiger charge is -1.88. The molecule has 0 aromatic carbocycles. The Kier molecular flexibility index (Phi) is 2.14. The zero-order valence-corrected chi connectivity index (χ0v) is 9.22. The summed E-state index contributed by atoms with van der Waals surface area (Å²) in [6, 6.07) is 1.91. The van der Waals surface area contributed by atoms with Crippen LogP contribution in [-0.2, 0) is 0 Å². The quantitative estimate of drug-likeness (QED) is 0.759. The van der Waals surface area contributed by atoms with Gasteiger partial charge in [0.25, 0.3) is 0 Å². The minimum Gasteiger partial charge on any atom is -0.461 e.